The van der Waals surface area contributed by atoms with Crippen LogP contribution in [0.15, 0.2) is 23.1 Å². The predicted octanol–water partition coefficient (Wildman–Crippen LogP) is 3.38. The highest BCUT2D eigenvalue weighted by Crippen LogP contribution is 2.22. The Morgan fingerprint density at radius 3 is 2.20 bits per heavy atom. The lowest BCUT2D eigenvalue weighted by Gasteiger charge is -2.23. The molecule has 0 heterocycles. The molecule has 0 saturated heterocycles. The van der Waals surface area contributed by atoms with Gasteiger partial charge < -0.3 is 9.47 Å². The molecule has 0 N–H and O–H groups in total. The third-order valence-corrected chi connectivity index (χ3v) is 4.36. The summed E-state index contributed by atoms with van der Waals surface area (Å²) in [6, 6.07) is 0. The molecule has 0 amide bonds. The second kappa shape index (κ2) is 6.85. The maximum absolute atomic E-state index is 5.37. The summed E-state index contributed by atoms with van der Waals surface area (Å²) in [7, 11) is 0.415. The standard InChI is InChI=1S/C12H24O2Si/c1-7-12(15(4,5)6)11(9-13-3)10-14-8-2/h7,10H,8-9H2,1-6H3/b11-10+,12-7+. The van der Waals surface area contributed by atoms with Gasteiger partial charge in [0.15, 0.2) is 0 Å². The van der Waals surface area contributed by atoms with E-state index in [4.69, 9.17) is 9.47 Å². The Morgan fingerprint density at radius 1 is 1.27 bits per heavy atom. The Hall–Kier alpha value is -0.543. The molecule has 0 aromatic rings. The average Bonchev–Trinajstić information content (AvgIpc) is 2.13. The van der Waals surface area contributed by atoms with Crippen LogP contribution in [0.2, 0.25) is 19.6 Å². The SMILES string of the molecule is C/C=C(\C(=C\OCC)COC)[Si](C)(C)C. The molecule has 0 unspecified atom stereocenters. The van der Waals surface area contributed by atoms with Crippen LogP contribution in [0.4, 0.5) is 0 Å². The van der Waals surface area contributed by atoms with Crippen molar-refractivity contribution in [1.82, 2.24) is 0 Å². The van der Waals surface area contributed by atoms with Crippen LogP contribution in [0.3, 0.4) is 0 Å². The van der Waals surface area contributed by atoms with Crippen molar-refractivity contribution >= 4 is 8.07 Å². The highest BCUT2D eigenvalue weighted by molar-refractivity contribution is 6.84. The quantitative estimate of drug-likeness (QED) is 0.394. The second-order valence-corrected chi connectivity index (χ2v) is 9.52. The maximum atomic E-state index is 5.37. The number of ether oxygens (including phenoxy) is 2. The van der Waals surface area contributed by atoms with E-state index in [-0.39, 0.29) is 0 Å². The van der Waals surface area contributed by atoms with Crippen LogP contribution in [-0.4, -0.2) is 28.4 Å². The van der Waals surface area contributed by atoms with E-state index in [1.54, 1.807) is 7.11 Å². The molecule has 0 bridgehead atoms. The average molecular weight is 228 g/mol. The lowest BCUT2D eigenvalue weighted by atomic mass is 10.3. The van der Waals surface area contributed by atoms with E-state index in [0.717, 1.165) is 0 Å². The lowest BCUT2D eigenvalue weighted by molar-refractivity contribution is 0.216. The van der Waals surface area contributed by atoms with Crippen molar-refractivity contribution in [2.45, 2.75) is 33.5 Å². The highest BCUT2D eigenvalue weighted by atomic mass is 28.3. The Bertz CT molecular complexity index is 236. The first-order valence-corrected chi connectivity index (χ1v) is 8.94. The Balaban J connectivity index is 4.88. The maximum Gasteiger partial charge on any atom is 0.0882 e. The van der Waals surface area contributed by atoms with E-state index >= 15 is 0 Å². The summed E-state index contributed by atoms with van der Waals surface area (Å²) in [6.45, 7) is 12.4. The summed E-state index contributed by atoms with van der Waals surface area (Å²) < 4.78 is 10.6. The van der Waals surface area contributed by atoms with Crippen molar-refractivity contribution in [3.8, 4) is 0 Å². The van der Waals surface area contributed by atoms with Crippen LogP contribution in [-0.2, 0) is 9.47 Å². The fourth-order valence-electron chi connectivity index (χ4n) is 1.61. The van der Waals surface area contributed by atoms with Gasteiger partial charge in [-0.15, -0.1) is 0 Å². The molecule has 0 aliphatic rings. The Kier molecular flexibility index (Phi) is 6.60. The third kappa shape index (κ3) is 5.19. The van der Waals surface area contributed by atoms with Gasteiger partial charge in [0.05, 0.1) is 27.5 Å². The van der Waals surface area contributed by atoms with Gasteiger partial charge in [-0.2, -0.15) is 0 Å². The van der Waals surface area contributed by atoms with E-state index in [0.29, 0.717) is 13.2 Å². The van der Waals surface area contributed by atoms with E-state index in [1.807, 2.05) is 13.2 Å². The van der Waals surface area contributed by atoms with E-state index < -0.39 is 8.07 Å². The summed E-state index contributed by atoms with van der Waals surface area (Å²) in [5.74, 6) is 0. The molecule has 0 aromatic carbocycles. The van der Waals surface area contributed by atoms with Gasteiger partial charge in [-0.3, -0.25) is 0 Å². The number of allylic oxidation sites excluding steroid dienone is 1. The van der Waals surface area contributed by atoms with Gasteiger partial charge in [-0.25, -0.2) is 0 Å². The molecule has 0 aromatic heterocycles. The normalized spacial score (nSPS) is 14.3. The minimum Gasteiger partial charge on any atom is -0.501 e. The Labute approximate surface area is 95.0 Å². The van der Waals surface area contributed by atoms with Crippen molar-refractivity contribution < 1.29 is 9.47 Å². The summed E-state index contributed by atoms with van der Waals surface area (Å²) in [5.41, 5.74) is 1.18. The van der Waals surface area contributed by atoms with Gasteiger partial charge in [-0.1, -0.05) is 30.9 Å². The van der Waals surface area contributed by atoms with Crippen LogP contribution < -0.4 is 0 Å². The molecule has 0 aliphatic heterocycles. The van der Waals surface area contributed by atoms with Crippen LogP contribution >= 0.6 is 0 Å². The minimum atomic E-state index is -1.30. The zero-order valence-electron chi connectivity index (χ0n) is 10.9. The van der Waals surface area contributed by atoms with Crippen molar-refractivity contribution in [3.05, 3.63) is 23.1 Å². The molecular formula is C12H24O2Si. The summed E-state index contributed by atoms with van der Waals surface area (Å²) >= 11 is 0. The molecule has 0 spiro atoms. The van der Waals surface area contributed by atoms with Gasteiger partial charge in [0.1, 0.15) is 0 Å². The van der Waals surface area contributed by atoms with Crippen LogP contribution in [0.5, 0.6) is 0 Å². The molecule has 0 atom stereocenters. The zero-order valence-corrected chi connectivity index (χ0v) is 11.9. The highest BCUT2D eigenvalue weighted by Gasteiger charge is 2.22. The van der Waals surface area contributed by atoms with E-state index in [9.17, 15) is 0 Å². The summed E-state index contributed by atoms with van der Waals surface area (Å²) in [5, 5.41) is 1.41. The largest absolute Gasteiger partial charge is 0.501 e. The first-order valence-electron chi connectivity index (χ1n) is 5.44. The van der Waals surface area contributed by atoms with Crippen LogP contribution in [0.1, 0.15) is 13.8 Å². The fourth-order valence-corrected chi connectivity index (χ4v) is 3.58. The molecular weight excluding hydrogens is 204 g/mol. The van der Waals surface area contributed by atoms with Crippen molar-refractivity contribution in [2.24, 2.45) is 0 Å². The molecule has 0 radical (unpaired) electrons. The lowest BCUT2D eigenvalue weighted by Crippen LogP contribution is -2.26. The van der Waals surface area contributed by atoms with Gasteiger partial charge in [-0.05, 0) is 13.8 Å². The van der Waals surface area contributed by atoms with E-state index in [1.165, 1.54) is 10.8 Å². The van der Waals surface area contributed by atoms with Crippen LogP contribution in [0, 0.1) is 0 Å². The van der Waals surface area contributed by atoms with Gasteiger partial charge in [0, 0.05) is 12.7 Å². The van der Waals surface area contributed by atoms with Crippen LogP contribution in [0.25, 0.3) is 0 Å². The van der Waals surface area contributed by atoms with E-state index in [2.05, 4.69) is 32.6 Å². The number of rotatable bonds is 6. The fraction of sp³-hybridized carbons (Fsp3) is 0.667. The van der Waals surface area contributed by atoms with Gasteiger partial charge in [0.2, 0.25) is 0 Å². The van der Waals surface area contributed by atoms with Crippen molar-refractivity contribution in [2.75, 3.05) is 20.3 Å². The predicted molar refractivity (Wildman–Crippen MR) is 68.7 cm³/mol. The van der Waals surface area contributed by atoms with Gasteiger partial charge >= 0.3 is 0 Å². The molecule has 0 fully saturated rings. The first kappa shape index (κ1) is 14.5. The van der Waals surface area contributed by atoms with Crippen molar-refractivity contribution in [3.63, 3.8) is 0 Å². The smallest absolute Gasteiger partial charge is 0.0882 e. The monoisotopic (exact) mass is 228 g/mol. The molecule has 3 heteroatoms. The summed E-state index contributed by atoms with van der Waals surface area (Å²) in [6.07, 6.45) is 4.03. The number of methoxy groups -OCH3 is 1. The molecule has 0 saturated carbocycles. The number of hydrogen-bond donors (Lipinski definition) is 0. The molecule has 0 aliphatic carbocycles. The molecule has 2 nitrogen and oxygen atoms in total. The van der Waals surface area contributed by atoms with Gasteiger partial charge in [0.25, 0.3) is 0 Å². The molecule has 88 valence electrons. The summed E-state index contributed by atoms with van der Waals surface area (Å²) in [4.78, 5) is 0. The molecule has 15 heavy (non-hydrogen) atoms. The second-order valence-electron chi connectivity index (χ2n) is 4.48. The van der Waals surface area contributed by atoms with Crippen molar-refractivity contribution in [1.29, 1.82) is 0 Å². The topological polar surface area (TPSA) is 18.5 Å². The number of hydrogen-bond acceptors (Lipinski definition) is 2. The Morgan fingerprint density at radius 2 is 1.87 bits per heavy atom. The third-order valence-electron chi connectivity index (χ3n) is 2.13. The minimum absolute atomic E-state index is 0.629. The molecule has 0 rings (SSSR count). The zero-order chi connectivity index (χ0) is 11.9. The first-order chi connectivity index (χ1) is 6.97.